The third-order valence-electron chi connectivity index (χ3n) is 4.71. The predicted molar refractivity (Wildman–Crippen MR) is 96.5 cm³/mol. The number of carbonyl (C=O) groups is 3. The van der Waals surface area contributed by atoms with Gasteiger partial charge in [0.2, 0.25) is 5.91 Å². The number of nitrogens with one attached hydrogen (secondary N) is 1. The molecule has 1 aromatic carbocycles. The molecule has 0 bridgehead atoms. The molecule has 0 spiro atoms. The molecule has 1 aromatic rings. The first-order valence-electron chi connectivity index (χ1n) is 9.23. The summed E-state index contributed by atoms with van der Waals surface area (Å²) in [7, 11) is 0. The lowest BCUT2D eigenvalue weighted by molar-refractivity contribution is -0.155. The topological polar surface area (TPSA) is 118 Å². The maximum absolute atomic E-state index is 13.0. The van der Waals surface area contributed by atoms with Crippen LogP contribution in [0.3, 0.4) is 0 Å². The second-order valence-electron chi connectivity index (χ2n) is 6.67. The Morgan fingerprint density at radius 3 is 2.46 bits per heavy atom. The van der Waals surface area contributed by atoms with Crippen LogP contribution in [0.15, 0.2) is 24.3 Å². The van der Waals surface area contributed by atoms with Gasteiger partial charge in [0.15, 0.2) is 0 Å². The monoisotopic (exact) mass is 392 g/mol. The Morgan fingerprint density at radius 1 is 1.25 bits per heavy atom. The molecule has 2 aliphatic rings. The van der Waals surface area contributed by atoms with E-state index in [1.54, 1.807) is 24.0 Å². The standard InChI is InChI=1S/C19H24N2O7/c1-2-27-18(25)19(12-28-19)17(24)20-15(11-13-3-5-14(22)6-4-13)16(23)21-7-9-26-10-8-21/h3-6,15,22H,2,7-12H2,1H3,(H,20,24)/t15-,19-/m0/s1. The summed E-state index contributed by atoms with van der Waals surface area (Å²) >= 11 is 0. The van der Waals surface area contributed by atoms with E-state index in [2.05, 4.69) is 5.32 Å². The molecule has 152 valence electrons. The highest BCUT2D eigenvalue weighted by Gasteiger charge is 2.61. The highest BCUT2D eigenvalue weighted by atomic mass is 16.6. The third-order valence-corrected chi connectivity index (χ3v) is 4.71. The summed E-state index contributed by atoms with van der Waals surface area (Å²) in [6, 6.07) is 5.49. The quantitative estimate of drug-likeness (QED) is 0.369. The molecule has 2 saturated heterocycles. The first kappa shape index (κ1) is 20.1. The number of rotatable bonds is 7. The summed E-state index contributed by atoms with van der Waals surface area (Å²) in [5.74, 6) is -1.59. The van der Waals surface area contributed by atoms with E-state index in [-0.39, 0.29) is 31.3 Å². The molecular weight excluding hydrogens is 368 g/mol. The number of aromatic hydroxyl groups is 1. The number of phenolic OH excluding ortho intramolecular Hbond substituents is 1. The average Bonchev–Trinajstić information content (AvgIpc) is 3.51. The number of epoxide rings is 1. The van der Waals surface area contributed by atoms with Crippen molar-refractivity contribution in [3.05, 3.63) is 29.8 Å². The minimum absolute atomic E-state index is 0.0741. The minimum Gasteiger partial charge on any atom is -0.508 e. The molecule has 2 atom stereocenters. The molecule has 28 heavy (non-hydrogen) atoms. The van der Waals surface area contributed by atoms with Gasteiger partial charge in [0, 0.05) is 19.5 Å². The molecule has 2 amide bonds. The molecule has 2 N–H and O–H groups in total. The van der Waals surface area contributed by atoms with Gasteiger partial charge in [0.1, 0.15) is 11.8 Å². The van der Waals surface area contributed by atoms with Crippen molar-refractivity contribution in [2.75, 3.05) is 39.5 Å². The summed E-state index contributed by atoms with van der Waals surface area (Å²) in [4.78, 5) is 39.4. The highest BCUT2D eigenvalue weighted by Crippen LogP contribution is 2.29. The Morgan fingerprint density at radius 2 is 1.89 bits per heavy atom. The van der Waals surface area contributed by atoms with Gasteiger partial charge in [-0.25, -0.2) is 4.79 Å². The van der Waals surface area contributed by atoms with Crippen molar-refractivity contribution in [1.82, 2.24) is 10.2 Å². The number of hydrogen-bond acceptors (Lipinski definition) is 7. The van der Waals surface area contributed by atoms with Crippen LogP contribution in [0.5, 0.6) is 5.75 Å². The van der Waals surface area contributed by atoms with E-state index in [4.69, 9.17) is 14.2 Å². The summed E-state index contributed by atoms with van der Waals surface area (Å²) in [6.07, 6.45) is 0.209. The van der Waals surface area contributed by atoms with Crippen molar-refractivity contribution < 1.29 is 33.7 Å². The van der Waals surface area contributed by atoms with Gasteiger partial charge in [-0.05, 0) is 24.6 Å². The van der Waals surface area contributed by atoms with Gasteiger partial charge in [-0.2, -0.15) is 0 Å². The van der Waals surface area contributed by atoms with Gasteiger partial charge in [0.05, 0.1) is 26.4 Å². The molecule has 2 heterocycles. The van der Waals surface area contributed by atoms with Crippen LogP contribution in [0.25, 0.3) is 0 Å². The maximum atomic E-state index is 13.0. The molecule has 0 aromatic heterocycles. The first-order valence-corrected chi connectivity index (χ1v) is 9.23. The highest BCUT2D eigenvalue weighted by molar-refractivity contribution is 6.10. The fourth-order valence-electron chi connectivity index (χ4n) is 3.01. The van der Waals surface area contributed by atoms with Gasteiger partial charge in [-0.15, -0.1) is 0 Å². The van der Waals surface area contributed by atoms with Gasteiger partial charge in [-0.3, -0.25) is 9.59 Å². The third kappa shape index (κ3) is 4.42. The number of benzene rings is 1. The Labute approximate surface area is 162 Å². The number of amides is 2. The molecule has 0 aliphatic carbocycles. The van der Waals surface area contributed by atoms with Crippen molar-refractivity contribution in [3.8, 4) is 5.75 Å². The SMILES string of the molecule is CCOC(=O)[C@@]1(C(=O)N[C@@H](Cc2ccc(O)cc2)C(=O)N2CCOCC2)CO1. The number of carbonyl (C=O) groups excluding carboxylic acids is 3. The molecule has 9 nitrogen and oxygen atoms in total. The van der Waals surface area contributed by atoms with Crippen molar-refractivity contribution >= 4 is 17.8 Å². The van der Waals surface area contributed by atoms with E-state index in [1.165, 1.54) is 12.1 Å². The van der Waals surface area contributed by atoms with Gasteiger partial charge in [-0.1, -0.05) is 12.1 Å². The van der Waals surface area contributed by atoms with Crippen molar-refractivity contribution in [2.24, 2.45) is 0 Å². The van der Waals surface area contributed by atoms with Crippen LogP contribution >= 0.6 is 0 Å². The number of phenols is 1. The number of hydrogen-bond donors (Lipinski definition) is 2. The Balaban J connectivity index is 1.75. The summed E-state index contributed by atoms with van der Waals surface area (Å²) < 4.78 is 15.3. The molecule has 3 rings (SSSR count). The summed E-state index contributed by atoms with van der Waals surface area (Å²) in [5.41, 5.74) is -0.916. The normalized spacial score (nSPS) is 22.2. The molecule has 9 heteroatoms. The van der Waals surface area contributed by atoms with Crippen molar-refractivity contribution in [2.45, 2.75) is 25.0 Å². The van der Waals surface area contributed by atoms with Crippen LogP contribution in [-0.2, 0) is 35.0 Å². The Hall–Kier alpha value is -2.65. The van der Waals surface area contributed by atoms with Crippen molar-refractivity contribution in [3.63, 3.8) is 0 Å². The smallest absolute Gasteiger partial charge is 0.350 e. The molecule has 2 aliphatic heterocycles. The second-order valence-corrected chi connectivity index (χ2v) is 6.67. The van der Waals surface area contributed by atoms with E-state index in [9.17, 15) is 19.5 Å². The van der Waals surface area contributed by atoms with Gasteiger partial charge >= 0.3 is 5.97 Å². The number of morpholine rings is 1. The fraction of sp³-hybridized carbons (Fsp3) is 0.526. The number of nitrogens with zero attached hydrogens (tertiary/aromatic N) is 1. The molecule has 0 radical (unpaired) electrons. The molecular formula is C19H24N2O7. The Kier molecular flexibility index (Phi) is 6.15. The zero-order valence-corrected chi connectivity index (χ0v) is 15.7. The van der Waals surface area contributed by atoms with Crippen LogP contribution in [0.2, 0.25) is 0 Å². The predicted octanol–water partition coefficient (Wildman–Crippen LogP) is -0.390. The van der Waals surface area contributed by atoms with Gasteiger partial charge in [0.25, 0.3) is 11.5 Å². The number of ether oxygens (including phenoxy) is 3. The zero-order chi connectivity index (χ0) is 20.1. The summed E-state index contributed by atoms with van der Waals surface area (Å²) in [5, 5.41) is 12.1. The van der Waals surface area contributed by atoms with Gasteiger partial charge < -0.3 is 29.5 Å². The fourth-order valence-corrected chi connectivity index (χ4v) is 3.01. The largest absolute Gasteiger partial charge is 0.508 e. The first-order chi connectivity index (χ1) is 13.5. The lowest BCUT2D eigenvalue weighted by atomic mass is 10.0. The van der Waals surface area contributed by atoms with Crippen LogP contribution < -0.4 is 5.32 Å². The van der Waals surface area contributed by atoms with E-state index in [0.29, 0.717) is 26.3 Å². The Bertz CT molecular complexity index is 724. The van der Waals surface area contributed by atoms with Crippen LogP contribution in [-0.4, -0.2) is 79.0 Å². The lowest BCUT2D eigenvalue weighted by Crippen LogP contribution is -2.56. The minimum atomic E-state index is -1.67. The zero-order valence-electron chi connectivity index (χ0n) is 15.7. The molecule has 0 unspecified atom stereocenters. The van der Waals surface area contributed by atoms with Crippen LogP contribution in [0.1, 0.15) is 12.5 Å². The van der Waals surface area contributed by atoms with E-state index < -0.39 is 23.5 Å². The van der Waals surface area contributed by atoms with Crippen molar-refractivity contribution in [1.29, 1.82) is 0 Å². The molecule has 2 fully saturated rings. The van der Waals surface area contributed by atoms with Crippen LogP contribution in [0.4, 0.5) is 0 Å². The average molecular weight is 392 g/mol. The lowest BCUT2D eigenvalue weighted by Gasteiger charge is -2.31. The number of esters is 1. The van der Waals surface area contributed by atoms with E-state index in [1.807, 2.05) is 0 Å². The summed E-state index contributed by atoms with van der Waals surface area (Å²) in [6.45, 7) is 3.42. The molecule has 0 saturated carbocycles. The van der Waals surface area contributed by atoms with Crippen LogP contribution in [0, 0.1) is 0 Å². The van der Waals surface area contributed by atoms with E-state index in [0.717, 1.165) is 5.56 Å². The maximum Gasteiger partial charge on any atom is 0.350 e. The van der Waals surface area contributed by atoms with E-state index >= 15 is 0 Å². The second kappa shape index (κ2) is 8.57.